The Balaban J connectivity index is 2.33. The summed E-state index contributed by atoms with van der Waals surface area (Å²) in [5.74, 6) is 0.107. The average Bonchev–Trinajstić information content (AvgIpc) is 2.28. The van der Waals surface area contributed by atoms with Crippen LogP contribution in [0.15, 0.2) is 0 Å². The number of rotatable bonds is 4. The molecule has 0 aromatic carbocycles. The molecule has 88 valence electrons. The zero-order chi connectivity index (χ0) is 11.3. The van der Waals surface area contributed by atoms with E-state index in [1.54, 1.807) is 0 Å². The smallest absolute Gasteiger partial charge is 0.240 e. The van der Waals surface area contributed by atoms with Gasteiger partial charge in [-0.15, -0.1) is 11.6 Å². The lowest BCUT2D eigenvalue weighted by molar-refractivity contribution is -0.132. The van der Waals surface area contributed by atoms with Crippen molar-refractivity contribution in [3.63, 3.8) is 0 Å². The Morgan fingerprint density at radius 1 is 1.27 bits per heavy atom. The van der Waals surface area contributed by atoms with Crippen molar-refractivity contribution in [3.05, 3.63) is 0 Å². The Hall–Kier alpha value is -0.280. The molecule has 0 aromatic heterocycles. The first-order chi connectivity index (χ1) is 7.19. The van der Waals surface area contributed by atoms with Gasteiger partial charge in [0.05, 0.1) is 0 Å². The molecule has 1 amide bonds. The second kappa shape index (κ2) is 6.33. The van der Waals surface area contributed by atoms with Crippen LogP contribution >= 0.6 is 11.6 Å². The molecule has 1 heterocycles. The number of hydrogen-bond donors (Lipinski definition) is 0. The van der Waals surface area contributed by atoms with Crippen molar-refractivity contribution < 1.29 is 4.79 Å². The van der Waals surface area contributed by atoms with Gasteiger partial charge in [-0.05, 0) is 19.4 Å². The number of amides is 1. The van der Waals surface area contributed by atoms with Gasteiger partial charge in [0.15, 0.2) is 0 Å². The molecule has 4 heteroatoms. The minimum absolute atomic E-state index is 0.107. The van der Waals surface area contributed by atoms with Gasteiger partial charge in [0.1, 0.15) is 5.38 Å². The summed E-state index contributed by atoms with van der Waals surface area (Å²) in [7, 11) is 0. The van der Waals surface area contributed by atoms with Gasteiger partial charge in [-0.1, -0.05) is 13.8 Å². The normalized spacial score (nSPS) is 20.3. The fourth-order valence-electron chi connectivity index (χ4n) is 1.88. The molecule has 1 fully saturated rings. The zero-order valence-electron chi connectivity index (χ0n) is 9.71. The first kappa shape index (κ1) is 12.8. The number of halogens is 1. The van der Waals surface area contributed by atoms with Crippen LogP contribution in [-0.4, -0.2) is 53.8 Å². The van der Waals surface area contributed by atoms with Crippen LogP contribution in [0.4, 0.5) is 0 Å². The molecule has 0 aliphatic carbocycles. The molecule has 1 unspecified atom stereocenters. The molecule has 0 aromatic rings. The third kappa shape index (κ3) is 3.65. The summed E-state index contributed by atoms with van der Waals surface area (Å²) in [5, 5.41) is -0.331. The average molecular weight is 233 g/mol. The van der Waals surface area contributed by atoms with Crippen molar-refractivity contribution in [3.8, 4) is 0 Å². The van der Waals surface area contributed by atoms with Gasteiger partial charge in [0.2, 0.25) is 5.91 Å². The maximum Gasteiger partial charge on any atom is 0.240 e. The highest BCUT2D eigenvalue weighted by Gasteiger charge is 2.24. The third-order valence-corrected chi connectivity index (χ3v) is 3.35. The van der Waals surface area contributed by atoms with Gasteiger partial charge in [-0.3, -0.25) is 9.69 Å². The van der Waals surface area contributed by atoms with Crippen LogP contribution in [0.5, 0.6) is 0 Å². The van der Waals surface area contributed by atoms with E-state index < -0.39 is 0 Å². The highest BCUT2D eigenvalue weighted by Crippen LogP contribution is 2.10. The van der Waals surface area contributed by atoms with E-state index in [9.17, 15) is 4.79 Å². The Bertz CT molecular complexity index is 203. The molecule has 15 heavy (non-hydrogen) atoms. The van der Waals surface area contributed by atoms with Crippen LogP contribution < -0.4 is 0 Å². The van der Waals surface area contributed by atoms with Gasteiger partial charge in [0.25, 0.3) is 0 Å². The van der Waals surface area contributed by atoms with E-state index >= 15 is 0 Å². The Morgan fingerprint density at radius 2 is 1.87 bits per heavy atom. The van der Waals surface area contributed by atoms with Crippen molar-refractivity contribution in [2.45, 2.75) is 32.1 Å². The number of carbonyl (C=O) groups is 1. The minimum atomic E-state index is -0.331. The lowest BCUT2D eigenvalue weighted by Gasteiger charge is -2.35. The summed E-state index contributed by atoms with van der Waals surface area (Å²) in [6, 6.07) is 0. The number of alkyl halides is 1. The molecule has 0 bridgehead atoms. The van der Waals surface area contributed by atoms with Gasteiger partial charge >= 0.3 is 0 Å². The molecule has 3 nitrogen and oxygen atoms in total. The first-order valence-corrected chi connectivity index (χ1v) is 6.27. The Morgan fingerprint density at radius 3 is 2.33 bits per heavy atom. The number of nitrogens with zero attached hydrogens (tertiary/aromatic N) is 2. The van der Waals surface area contributed by atoms with Crippen LogP contribution in [0.25, 0.3) is 0 Å². The van der Waals surface area contributed by atoms with Crippen LogP contribution in [-0.2, 0) is 4.79 Å². The third-order valence-electron chi connectivity index (χ3n) is 2.85. The largest absolute Gasteiger partial charge is 0.339 e. The lowest BCUT2D eigenvalue weighted by Crippen LogP contribution is -2.50. The predicted octanol–water partition coefficient (Wildman–Crippen LogP) is 1.56. The molecule has 0 radical (unpaired) electrons. The molecular weight excluding hydrogens is 212 g/mol. The minimum Gasteiger partial charge on any atom is -0.339 e. The highest BCUT2D eigenvalue weighted by molar-refractivity contribution is 6.30. The molecule has 0 N–H and O–H groups in total. The van der Waals surface area contributed by atoms with E-state index in [1.807, 2.05) is 11.8 Å². The maximum atomic E-state index is 11.8. The van der Waals surface area contributed by atoms with E-state index in [4.69, 9.17) is 11.6 Å². The van der Waals surface area contributed by atoms with Crippen LogP contribution in [0.2, 0.25) is 0 Å². The first-order valence-electron chi connectivity index (χ1n) is 5.84. The summed E-state index contributed by atoms with van der Waals surface area (Å²) in [6.45, 7) is 8.93. The van der Waals surface area contributed by atoms with Crippen LogP contribution in [0, 0.1) is 0 Å². The molecule has 0 spiro atoms. The van der Waals surface area contributed by atoms with Gasteiger partial charge in [-0.2, -0.15) is 0 Å². The lowest BCUT2D eigenvalue weighted by atomic mass is 10.2. The zero-order valence-corrected chi connectivity index (χ0v) is 10.5. The Kier molecular flexibility index (Phi) is 5.40. The fourth-order valence-corrected chi connectivity index (χ4v) is 2.02. The Labute approximate surface area is 97.4 Å². The van der Waals surface area contributed by atoms with E-state index in [2.05, 4.69) is 11.8 Å². The fraction of sp³-hybridized carbons (Fsp3) is 0.909. The number of hydrogen-bond acceptors (Lipinski definition) is 2. The topological polar surface area (TPSA) is 23.6 Å². The van der Waals surface area contributed by atoms with E-state index in [0.717, 1.165) is 39.1 Å². The number of piperazine rings is 1. The van der Waals surface area contributed by atoms with Crippen LogP contribution in [0.1, 0.15) is 26.7 Å². The second-order valence-corrected chi connectivity index (χ2v) is 4.57. The summed E-state index contributed by atoms with van der Waals surface area (Å²) < 4.78 is 0. The van der Waals surface area contributed by atoms with E-state index in [0.29, 0.717) is 0 Å². The summed E-state index contributed by atoms with van der Waals surface area (Å²) in [4.78, 5) is 16.1. The number of carbonyl (C=O) groups excluding carboxylic acids is 1. The van der Waals surface area contributed by atoms with Crippen molar-refractivity contribution >= 4 is 17.5 Å². The van der Waals surface area contributed by atoms with Crippen LogP contribution in [0.3, 0.4) is 0 Å². The summed E-state index contributed by atoms with van der Waals surface area (Å²) >= 11 is 5.94. The van der Waals surface area contributed by atoms with Gasteiger partial charge in [0, 0.05) is 26.2 Å². The van der Waals surface area contributed by atoms with E-state index in [-0.39, 0.29) is 11.3 Å². The molecule has 1 aliphatic heterocycles. The van der Waals surface area contributed by atoms with Crippen molar-refractivity contribution in [2.75, 3.05) is 32.7 Å². The second-order valence-electron chi connectivity index (χ2n) is 4.04. The van der Waals surface area contributed by atoms with Crippen molar-refractivity contribution in [1.82, 2.24) is 9.80 Å². The SMILES string of the molecule is CCCN1CCN(C(=O)C(Cl)CC)CC1. The highest BCUT2D eigenvalue weighted by atomic mass is 35.5. The molecular formula is C11H21ClN2O. The predicted molar refractivity (Wildman–Crippen MR) is 63.2 cm³/mol. The summed E-state index contributed by atoms with van der Waals surface area (Å²) in [5.41, 5.74) is 0. The quantitative estimate of drug-likeness (QED) is 0.687. The summed E-state index contributed by atoms with van der Waals surface area (Å²) in [6.07, 6.45) is 1.90. The maximum absolute atomic E-state index is 11.8. The molecule has 1 rings (SSSR count). The molecule has 1 aliphatic rings. The van der Waals surface area contributed by atoms with Gasteiger partial charge in [-0.25, -0.2) is 0 Å². The van der Waals surface area contributed by atoms with Crippen molar-refractivity contribution in [1.29, 1.82) is 0 Å². The molecule has 1 saturated heterocycles. The van der Waals surface area contributed by atoms with Crippen molar-refractivity contribution in [2.24, 2.45) is 0 Å². The molecule has 1 atom stereocenters. The van der Waals surface area contributed by atoms with Gasteiger partial charge < -0.3 is 4.90 Å². The standard InChI is InChI=1S/C11H21ClN2O/c1-3-5-13-6-8-14(9-7-13)11(15)10(12)4-2/h10H,3-9H2,1-2H3. The molecule has 0 saturated carbocycles. The monoisotopic (exact) mass is 232 g/mol. The van der Waals surface area contributed by atoms with E-state index in [1.165, 1.54) is 6.42 Å².